The molecular weight excluding hydrogens is 244 g/mol. The number of hydrogen-bond donors (Lipinski definition) is 4. The zero-order valence-corrected chi connectivity index (χ0v) is 10.9. The van der Waals surface area contributed by atoms with Crippen LogP contribution in [-0.2, 0) is 4.74 Å². The summed E-state index contributed by atoms with van der Waals surface area (Å²) in [7, 11) is 0. The Hall–Kier alpha value is -1.86. The van der Waals surface area contributed by atoms with Gasteiger partial charge in [-0.15, -0.1) is 0 Å². The number of amidine groups is 1. The first-order valence-corrected chi connectivity index (χ1v) is 6.31. The lowest BCUT2D eigenvalue weighted by Crippen LogP contribution is -2.48. The molecule has 6 N–H and O–H groups in total. The number of ether oxygens (including phenoxy) is 1. The first-order chi connectivity index (χ1) is 9.26. The summed E-state index contributed by atoms with van der Waals surface area (Å²) in [4.78, 5) is 4.43. The van der Waals surface area contributed by atoms with E-state index in [1.807, 2.05) is 0 Å². The topological polar surface area (TPSA) is 113 Å². The van der Waals surface area contributed by atoms with Crippen molar-refractivity contribution in [1.29, 1.82) is 5.41 Å². The summed E-state index contributed by atoms with van der Waals surface area (Å²) in [5.41, 5.74) is 16.8. The Morgan fingerprint density at radius 3 is 2.79 bits per heavy atom. The minimum atomic E-state index is 0.522. The van der Waals surface area contributed by atoms with Crippen LogP contribution in [0, 0.1) is 5.41 Å². The van der Waals surface area contributed by atoms with Gasteiger partial charge in [0.2, 0.25) is 0 Å². The molecule has 0 aromatic carbocycles. The molecule has 0 aliphatic carbocycles. The number of hydrogen-bond acceptors (Lipinski definition) is 7. The van der Waals surface area contributed by atoms with Crippen LogP contribution >= 0.6 is 0 Å². The van der Waals surface area contributed by atoms with Crippen LogP contribution in [0.3, 0.4) is 0 Å². The van der Waals surface area contributed by atoms with E-state index in [1.165, 1.54) is 6.20 Å². The second-order valence-corrected chi connectivity index (χ2v) is 4.35. The Bertz CT molecular complexity index is 434. The molecule has 0 unspecified atom stereocenters. The number of morpholine rings is 1. The highest BCUT2D eigenvalue weighted by molar-refractivity contribution is 6.02. The fraction of sp³-hybridized carbons (Fsp3) is 0.500. The molecule has 0 amide bonds. The highest BCUT2D eigenvalue weighted by Gasteiger charge is 2.21. The highest BCUT2D eigenvalue weighted by atomic mass is 16.5. The molecule has 104 valence electrons. The molecule has 19 heavy (non-hydrogen) atoms. The van der Waals surface area contributed by atoms with E-state index < -0.39 is 0 Å². The second-order valence-electron chi connectivity index (χ2n) is 4.35. The van der Waals surface area contributed by atoms with E-state index in [-0.39, 0.29) is 0 Å². The quantitative estimate of drug-likeness (QED) is 0.505. The molecule has 1 saturated heterocycles. The maximum Gasteiger partial charge on any atom is 0.140 e. The van der Waals surface area contributed by atoms with Gasteiger partial charge >= 0.3 is 0 Å². The molecule has 0 bridgehead atoms. The van der Waals surface area contributed by atoms with E-state index in [9.17, 15) is 0 Å². The lowest BCUT2D eigenvalue weighted by molar-refractivity contribution is 0.0249. The van der Waals surface area contributed by atoms with Crippen molar-refractivity contribution < 1.29 is 4.74 Å². The summed E-state index contributed by atoms with van der Waals surface area (Å²) >= 11 is 0. The minimum absolute atomic E-state index is 0.522. The largest absolute Gasteiger partial charge is 0.404 e. The summed E-state index contributed by atoms with van der Waals surface area (Å²) < 4.78 is 5.30. The van der Waals surface area contributed by atoms with Gasteiger partial charge in [-0.25, -0.2) is 5.01 Å². The number of nitrogens with zero attached hydrogens (tertiary/aromatic N) is 2. The molecule has 2 aliphatic heterocycles. The number of hydrazine groups is 1. The van der Waals surface area contributed by atoms with Gasteiger partial charge < -0.3 is 27.0 Å². The average molecular weight is 264 g/mol. The summed E-state index contributed by atoms with van der Waals surface area (Å²) in [6.45, 7) is 3.76. The van der Waals surface area contributed by atoms with Gasteiger partial charge in [0.25, 0.3) is 0 Å². The number of nitrogens with two attached hydrogens (primary N) is 2. The van der Waals surface area contributed by atoms with Gasteiger partial charge in [0.1, 0.15) is 5.84 Å². The number of rotatable bonds is 3. The number of allylic oxidation sites excluding steroid dienone is 1. The van der Waals surface area contributed by atoms with Crippen LogP contribution < -0.4 is 16.9 Å². The van der Waals surface area contributed by atoms with Crippen molar-refractivity contribution in [2.75, 3.05) is 32.8 Å². The van der Waals surface area contributed by atoms with E-state index >= 15 is 0 Å². The van der Waals surface area contributed by atoms with Gasteiger partial charge in [-0.2, -0.15) is 0 Å². The van der Waals surface area contributed by atoms with Crippen LogP contribution in [0.5, 0.6) is 0 Å². The van der Waals surface area contributed by atoms with Crippen molar-refractivity contribution in [2.45, 2.75) is 6.42 Å². The summed E-state index contributed by atoms with van der Waals surface area (Å²) in [6, 6.07) is 0. The molecule has 7 heteroatoms. The lowest BCUT2D eigenvalue weighted by Gasteiger charge is -2.28. The van der Waals surface area contributed by atoms with Gasteiger partial charge in [0.05, 0.1) is 13.2 Å². The third-order valence-electron chi connectivity index (χ3n) is 3.16. The Labute approximate surface area is 112 Å². The van der Waals surface area contributed by atoms with Crippen molar-refractivity contribution >= 4 is 12.1 Å². The van der Waals surface area contributed by atoms with Crippen LogP contribution in [0.1, 0.15) is 6.42 Å². The van der Waals surface area contributed by atoms with Crippen molar-refractivity contribution in [2.24, 2.45) is 16.5 Å². The van der Waals surface area contributed by atoms with Gasteiger partial charge in [0.15, 0.2) is 0 Å². The fourth-order valence-electron chi connectivity index (χ4n) is 2.07. The summed E-state index contributed by atoms with van der Waals surface area (Å²) in [5, 5.41) is 9.36. The molecule has 0 spiro atoms. The molecule has 1 fully saturated rings. The van der Waals surface area contributed by atoms with Crippen LogP contribution in [0.25, 0.3) is 0 Å². The number of nitrogens with one attached hydrogen (secondary N) is 2. The second kappa shape index (κ2) is 6.35. The SMILES string of the molecule is N=C/C(=C\N)C(N)=C1CCN=C1NN1CCOCC1. The third kappa shape index (κ3) is 3.12. The van der Waals surface area contributed by atoms with Crippen molar-refractivity contribution in [3.8, 4) is 0 Å². The Morgan fingerprint density at radius 2 is 2.16 bits per heavy atom. The first kappa shape index (κ1) is 13.6. The van der Waals surface area contributed by atoms with Crippen molar-refractivity contribution in [3.05, 3.63) is 23.0 Å². The minimum Gasteiger partial charge on any atom is -0.404 e. The Kier molecular flexibility index (Phi) is 4.53. The summed E-state index contributed by atoms with van der Waals surface area (Å²) in [6.07, 6.45) is 3.27. The van der Waals surface area contributed by atoms with Gasteiger partial charge in [-0.3, -0.25) is 4.99 Å². The maximum atomic E-state index is 7.30. The van der Waals surface area contributed by atoms with Crippen LogP contribution in [0.2, 0.25) is 0 Å². The van der Waals surface area contributed by atoms with E-state index in [4.69, 9.17) is 21.6 Å². The smallest absolute Gasteiger partial charge is 0.140 e. The number of aliphatic imine (C=N–C) groups is 1. The van der Waals surface area contributed by atoms with E-state index in [1.54, 1.807) is 0 Å². The molecular formula is C12H20N6O. The summed E-state index contributed by atoms with van der Waals surface area (Å²) in [5.74, 6) is 0.778. The molecule has 7 nitrogen and oxygen atoms in total. The first-order valence-electron chi connectivity index (χ1n) is 6.31. The molecule has 2 heterocycles. The van der Waals surface area contributed by atoms with E-state index in [2.05, 4.69) is 15.4 Å². The van der Waals surface area contributed by atoms with Crippen molar-refractivity contribution in [1.82, 2.24) is 10.4 Å². The molecule has 0 radical (unpaired) electrons. The lowest BCUT2D eigenvalue weighted by atomic mass is 10.1. The van der Waals surface area contributed by atoms with E-state index in [0.29, 0.717) is 31.0 Å². The van der Waals surface area contributed by atoms with Gasteiger partial charge in [0, 0.05) is 48.9 Å². The molecule has 0 aromatic rings. The monoisotopic (exact) mass is 264 g/mol. The van der Waals surface area contributed by atoms with Crippen LogP contribution in [0.15, 0.2) is 28.0 Å². The van der Waals surface area contributed by atoms with Crippen molar-refractivity contribution in [3.63, 3.8) is 0 Å². The van der Waals surface area contributed by atoms with Gasteiger partial charge in [-0.1, -0.05) is 0 Å². The Balaban J connectivity index is 2.11. The van der Waals surface area contributed by atoms with Crippen LogP contribution in [0.4, 0.5) is 0 Å². The zero-order valence-electron chi connectivity index (χ0n) is 10.9. The molecule has 0 saturated carbocycles. The van der Waals surface area contributed by atoms with Crippen LogP contribution in [-0.4, -0.2) is 49.9 Å². The standard InChI is InChI=1S/C12H20N6O/c13-7-9(8-14)11(15)10-1-2-16-12(10)17-18-3-5-19-6-4-18/h7-8,13H,1-6,14-15H2,(H,16,17)/b9-8+,11-10?,13-7?. The predicted molar refractivity (Wildman–Crippen MR) is 74.7 cm³/mol. The molecule has 0 aromatic heterocycles. The fourth-order valence-corrected chi connectivity index (χ4v) is 2.07. The third-order valence-corrected chi connectivity index (χ3v) is 3.16. The average Bonchev–Trinajstić information content (AvgIpc) is 2.89. The molecule has 2 aliphatic rings. The van der Waals surface area contributed by atoms with E-state index in [0.717, 1.165) is 37.1 Å². The van der Waals surface area contributed by atoms with Gasteiger partial charge in [-0.05, 0) is 6.42 Å². The zero-order chi connectivity index (χ0) is 13.7. The molecule has 2 rings (SSSR count). The highest BCUT2D eigenvalue weighted by Crippen LogP contribution is 2.17. The Morgan fingerprint density at radius 1 is 1.42 bits per heavy atom. The molecule has 0 atom stereocenters. The normalized spacial score (nSPS) is 24.0. The predicted octanol–water partition coefficient (Wildman–Crippen LogP) is -0.670. The maximum absolute atomic E-state index is 7.30.